The Labute approximate surface area is 132 Å². The van der Waals surface area contributed by atoms with Gasteiger partial charge in [-0.2, -0.15) is 13.2 Å². The predicted molar refractivity (Wildman–Crippen MR) is 77.8 cm³/mol. The van der Waals surface area contributed by atoms with Crippen molar-refractivity contribution in [2.75, 3.05) is 31.1 Å². The molecule has 0 atom stereocenters. The quantitative estimate of drug-likeness (QED) is 0.796. The van der Waals surface area contributed by atoms with Crippen molar-refractivity contribution < 1.29 is 17.6 Å². The molecule has 0 aromatic carbocycles. The molecule has 22 heavy (non-hydrogen) atoms. The second-order valence-electron chi connectivity index (χ2n) is 5.94. The van der Waals surface area contributed by atoms with Crippen molar-refractivity contribution in [3.05, 3.63) is 23.6 Å². The van der Waals surface area contributed by atoms with E-state index in [-0.39, 0.29) is 23.6 Å². The van der Waals surface area contributed by atoms with E-state index in [0.29, 0.717) is 19.3 Å². The highest BCUT2D eigenvalue weighted by Gasteiger charge is 2.40. The summed E-state index contributed by atoms with van der Waals surface area (Å²) in [6.07, 6.45) is -1.01. The van der Waals surface area contributed by atoms with E-state index in [4.69, 9.17) is 0 Å². The first-order chi connectivity index (χ1) is 9.90. The van der Waals surface area contributed by atoms with Crippen molar-refractivity contribution >= 4 is 18.2 Å². The number of pyridine rings is 1. The maximum atomic E-state index is 13.3. The van der Waals surface area contributed by atoms with E-state index in [0.717, 1.165) is 38.4 Å². The zero-order valence-electron chi connectivity index (χ0n) is 11.9. The molecule has 2 saturated heterocycles. The highest BCUT2D eigenvalue weighted by molar-refractivity contribution is 5.85. The van der Waals surface area contributed by atoms with Crippen molar-refractivity contribution in [3.63, 3.8) is 0 Å². The van der Waals surface area contributed by atoms with Crippen molar-refractivity contribution in [1.82, 2.24) is 10.3 Å². The summed E-state index contributed by atoms with van der Waals surface area (Å²) in [6.45, 7) is 3.26. The molecule has 8 heteroatoms. The fourth-order valence-corrected chi connectivity index (χ4v) is 3.31. The third-order valence-electron chi connectivity index (χ3n) is 4.57. The molecule has 3 nitrogen and oxygen atoms in total. The number of aromatic nitrogens is 1. The largest absolute Gasteiger partial charge is 0.419 e. The van der Waals surface area contributed by atoms with Crippen LogP contribution in [0.15, 0.2) is 12.3 Å². The maximum absolute atomic E-state index is 13.3. The predicted octanol–water partition coefficient (Wildman–Crippen LogP) is 3.24. The Kier molecular flexibility index (Phi) is 4.87. The van der Waals surface area contributed by atoms with Crippen LogP contribution in [0.3, 0.4) is 0 Å². The van der Waals surface area contributed by atoms with Crippen LogP contribution < -0.4 is 10.2 Å². The van der Waals surface area contributed by atoms with Gasteiger partial charge in [0.2, 0.25) is 0 Å². The van der Waals surface area contributed by atoms with Gasteiger partial charge in [-0.05, 0) is 43.8 Å². The first-order valence-electron chi connectivity index (χ1n) is 7.08. The minimum atomic E-state index is -4.69. The SMILES string of the molecule is Cl.Fc1cnc(N2CCC3(CCNCC3)C2)cc1C(F)(F)F. The second kappa shape index (κ2) is 6.20. The van der Waals surface area contributed by atoms with Gasteiger partial charge in [-0.1, -0.05) is 0 Å². The molecule has 0 saturated carbocycles. The summed E-state index contributed by atoms with van der Waals surface area (Å²) < 4.78 is 51.6. The highest BCUT2D eigenvalue weighted by atomic mass is 35.5. The van der Waals surface area contributed by atoms with Gasteiger partial charge in [0.15, 0.2) is 5.82 Å². The summed E-state index contributed by atoms with van der Waals surface area (Å²) in [6, 6.07) is 0.829. The zero-order chi connectivity index (χ0) is 15.1. The number of halogens is 5. The van der Waals surface area contributed by atoms with Crippen molar-refractivity contribution in [2.45, 2.75) is 25.4 Å². The van der Waals surface area contributed by atoms with E-state index in [1.807, 2.05) is 4.90 Å². The minimum absolute atomic E-state index is 0. The second-order valence-corrected chi connectivity index (χ2v) is 5.94. The Balaban J connectivity index is 0.00000176. The zero-order valence-corrected chi connectivity index (χ0v) is 12.7. The average molecular weight is 340 g/mol. The lowest BCUT2D eigenvalue weighted by Crippen LogP contribution is -2.38. The minimum Gasteiger partial charge on any atom is -0.356 e. The number of rotatable bonds is 1. The molecule has 0 aliphatic carbocycles. The van der Waals surface area contributed by atoms with Crippen LogP contribution in [-0.4, -0.2) is 31.2 Å². The van der Waals surface area contributed by atoms with Gasteiger partial charge in [-0.15, -0.1) is 12.4 Å². The van der Waals surface area contributed by atoms with Crippen molar-refractivity contribution in [3.8, 4) is 0 Å². The van der Waals surface area contributed by atoms with Gasteiger partial charge < -0.3 is 10.2 Å². The van der Waals surface area contributed by atoms with E-state index in [9.17, 15) is 17.6 Å². The van der Waals surface area contributed by atoms with Crippen molar-refractivity contribution in [1.29, 1.82) is 0 Å². The Morgan fingerprint density at radius 2 is 1.86 bits per heavy atom. The first-order valence-corrected chi connectivity index (χ1v) is 7.08. The van der Waals surface area contributed by atoms with E-state index >= 15 is 0 Å². The van der Waals surface area contributed by atoms with Gasteiger partial charge in [0, 0.05) is 13.1 Å². The fourth-order valence-electron chi connectivity index (χ4n) is 3.31. The number of nitrogens with zero attached hydrogens (tertiary/aromatic N) is 2. The molecule has 3 heterocycles. The molecule has 2 fully saturated rings. The Morgan fingerprint density at radius 3 is 2.50 bits per heavy atom. The first kappa shape index (κ1) is 17.3. The molecule has 0 unspecified atom stereocenters. The van der Waals surface area contributed by atoms with Crippen LogP contribution in [0, 0.1) is 11.2 Å². The van der Waals surface area contributed by atoms with Gasteiger partial charge in [-0.25, -0.2) is 9.37 Å². The van der Waals surface area contributed by atoms with E-state index in [1.54, 1.807) is 0 Å². The molecule has 0 amide bonds. The molecule has 3 rings (SSSR count). The fraction of sp³-hybridized carbons (Fsp3) is 0.643. The van der Waals surface area contributed by atoms with Crippen LogP contribution in [0.4, 0.5) is 23.4 Å². The smallest absolute Gasteiger partial charge is 0.356 e. The lowest BCUT2D eigenvalue weighted by Gasteiger charge is -2.33. The van der Waals surface area contributed by atoms with Crippen LogP contribution in [-0.2, 0) is 6.18 Å². The number of nitrogens with one attached hydrogen (secondary N) is 1. The molecule has 124 valence electrons. The molecular weight excluding hydrogens is 322 g/mol. The molecule has 0 radical (unpaired) electrons. The lowest BCUT2D eigenvalue weighted by molar-refractivity contribution is -0.140. The van der Waals surface area contributed by atoms with Crippen LogP contribution in [0.1, 0.15) is 24.8 Å². The van der Waals surface area contributed by atoms with Crippen LogP contribution >= 0.6 is 12.4 Å². The number of hydrogen-bond donors (Lipinski definition) is 1. The molecule has 1 aromatic rings. The van der Waals surface area contributed by atoms with E-state index in [2.05, 4.69) is 10.3 Å². The summed E-state index contributed by atoms with van der Waals surface area (Å²) in [5.41, 5.74) is -1.07. The van der Waals surface area contributed by atoms with Crippen LogP contribution in [0.2, 0.25) is 0 Å². The Bertz CT molecular complexity index is 529. The van der Waals surface area contributed by atoms with Gasteiger partial charge in [-0.3, -0.25) is 0 Å². The summed E-state index contributed by atoms with van der Waals surface area (Å²) in [5.74, 6) is -1.10. The normalized spacial score (nSPS) is 21.0. The maximum Gasteiger partial charge on any atom is 0.419 e. The van der Waals surface area contributed by atoms with E-state index < -0.39 is 17.6 Å². The molecule has 1 spiro atoms. The van der Waals surface area contributed by atoms with Gasteiger partial charge in [0.05, 0.1) is 11.8 Å². The van der Waals surface area contributed by atoms with Gasteiger partial charge in [0.1, 0.15) is 5.82 Å². The highest BCUT2D eigenvalue weighted by Crippen LogP contribution is 2.41. The molecule has 0 bridgehead atoms. The molecular formula is C14H18ClF4N3. The van der Waals surface area contributed by atoms with Gasteiger partial charge >= 0.3 is 6.18 Å². The number of alkyl halides is 3. The topological polar surface area (TPSA) is 28.2 Å². The summed E-state index contributed by atoms with van der Waals surface area (Å²) >= 11 is 0. The van der Waals surface area contributed by atoms with E-state index in [1.165, 1.54) is 0 Å². The lowest BCUT2D eigenvalue weighted by atomic mass is 9.78. The molecule has 1 N–H and O–H groups in total. The third kappa shape index (κ3) is 3.30. The molecule has 2 aliphatic heterocycles. The van der Waals surface area contributed by atoms with Crippen LogP contribution in [0.5, 0.6) is 0 Å². The average Bonchev–Trinajstić information content (AvgIpc) is 2.82. The third-order valence-corrected chi connectivity index (χ3v) is 4.57. The Morgan fingerprint density at radius 1 is 1.18 bits per heavy atom. The monoisotopic (exact) mass is 339 g/mol. The molecule has 2 aliphatic rings. The summed E-state index contributed by atoms with van der Waals surface area (Å²) in [7, 11) is 0. The summed E-state index contributed by atoms with van der Waals surface area (Å²) in [4.78, 5) is 5.69. The molecule has 1 aromatic heterocycles. The van der Waals surface area contributed by atoms with Gasteiger partial charge in [0.25, 0.3) is 0 Å². The standard InChI is InChI=1S/C14H17F4N3.ClH/c15-11-8-20-12(7-10(11)14(16,17)18)21-6-3-13(9-21)1-4-19-5-2-13;/h7-8,19H,1-6,9H2;1H. The summed E-state index contributed by atoms with van der Waals surface area (Å²) in [5, 5.41) is 3.29. The number of piperidine rings is 1. The Hall–Kier alpha value is -1.08. The van der Waals surface area contributed by atoms with Crippen LogP contribution in [0.25, 0.3) is 0 Å². The number of hydrogen-bond acceptors (Lipinski definition) is 3. The van der Waals surface area contributed by atoms with Crippen molar-refractivity contribution in [2.24, 2.45) is 5.41 Å². The number of anilines is 1.